The lowest BCUT2D eigenvalue weighted by molar-refractivity contribution is -0.0924. The van der Waals surface area contributed by atoms with Crippen LogP contribution in [-0.4, -0.2) is 26.9 Å². The molecular weight excluding hydrogens is 270 g/mol. The van der Waals surface area contributed by atoms with Crippen LogP contribution in [0.3, 0.4) is 0 Å². The third-order valence-electron chi connectivity index (χ3n) is 2.77. The Morgan fingerprint density at radius 1 is 1.50 bits per heavy atom. The Balaban J connectivity index is 2.04. The zero-order valence-corrected chi connectivity index (χ0v) is 11.1. The van der Waals surface area contributed by atoms with Gasteiger partial charge >= 0.3 is 0 Å². The predicted molar refractivity (Wildman–Crippen MR) is 68.1 cm³/mol. The van der Waals surface area contributed by atoms with Crippen LogP contribution >= 0.6 is 15.9 Å². The minimum atomic E-state index is 0.257. The third-order valence-corrected chi connectivity index (χ3v) is 3.26. The van der Waals surface area contributed by atoms with Crippen LogP contribution in [0.4, 0.5) is 5.69 Å². The molecule has 1 fully saturated rings. The van der Waals surface area contributed by atoms with Crippen molar-refractivity contribution < 1.29 is 9.47 Å². The predicted octanol–water partition coefficient (Wildman–Crippen LogP) is 2.91. The molecule has 1 aliphatic rings. The topological polar surface area (TPSA) is 30.5 Å². The van der Waals surface area contributed by atoms with Crippen molar-refractivity contribution in [2.24, 2.45) is 5.41 Å². The van der Waals surface area contributed by atoms with E-state index in [0.29, 0.717) is 0 Å². The fourth-order valence-corrected chi connectivity index (χ4v) is 2.04. The van der Waals surface area contributed by atoms with Crippen LogP contribution < -0.4 is 10.1 Å². The van der Waals surface area contributed by atoms with Gasteiger partial charge in [0.15, 0.2) is 0 Å². The lowest BCUT2D eigenvalue weighted by atomic mass is 9.88. The average Bonchev–Trinajstić information content (AvgIpc) is 2.24. The van der Waals surface area contributed by atoms with Crippen LogP contribution in [0.15, 0.2) is 22.7 Å². The van der Waals surface area contributed by atoms with E-state index in [9.17, 15) is 0 Å². The van der Waals surface area contributed by atoms with Gasteiger partial charge in [0.25, 0.3) is 0 Å². The number of halogens is 1. The van der Waals surface area contributed by atoms with E-state index >= 15 is 0 Å². The summed E-state index contributed by atoms with van der Waals surface area (Å²) in [4.78, 5) is 0. The molecule has 1 aromatic carbocycles. The molecule has 1 saturated heterocycles. The molecule has 1 aromatic rings. The van der Waals surface area contributed by atoms with E-state index in [1.807, 2.05) is 18.2 Å². The van der Waals surface area contributed by atoms with Gasteiger partial charge in [0, 0.05) is 16.4 Å². The molecular formula is C12H16BrNO2. The Kier molecular flexibility index (Phi) is 3.40. The van der Waals surface area contributed by atoms with E-state index in [-0.39, 0.29) is 5.41 Å². The molecule has 0 aromatic heterocycles. The highest BCUT2D eigenvalue weighted by Crippen LogP contribution is 2.31. The summed E-state index contributed by atoms with van der Waals surface area (Å²) >= 11 is 3.46. The van der Waals surface area contributed by atoms with Crippen LogP contribution in [0.2, 0.25) is 0 Å². The first-order valence-corrected chi connectivity index (χ1v) is 6.07. The number of benzene rings is 1. The van der Waals surface area contributed by atoms with Crippen molar-refractivity contribution in [1.82, 2.24) is 0 Å². The number of anilines is 1. The van der Waals surface area contributed by atoms with E-state index in [4.69, 9.17) is 9.47 Å². The van der Waals surface area contributed by atoms with E-state index in [1.54, 1.807) is 7.11 Å². The molecule has 0 unspecified atom stereocenters. The van der Waals surface area contributed by atoms with Crippen molar-refractivity contribution in [3.63, 3.8) is 0 Å². The van der Waals surface area contributed by atoms with Gasteiger partial charge in [0.1, 0.15) is 5.75 Å². The van der Waals surface area contributed by atoms with Crippen molar-refractivity contribution >= 4 is 21.6 Å². The molecule has 3 nitrogen and oxygen atoms in total. The second-order valence-electron chi connectivity index (χ2n) is 4.50. The Morgan fingerprint density at radius 2 is 2.25 bits per heavy atom. The van der Waals surface area contributed by atoms with Crippen LogP contribution in [0.25, 0.3) is 0 Å². The van der Waals surface area contributed by atoms with Gasteiger partial charge in [-0.1, -0.05) is 22.9 Å². The summed E-state index contributed by atoms with van der Waals surface area (Å²) in [7, 11) is 1.68. The molecule has 1 N–H and O–H groups in total. The normalized spacial score (nSPS) is 17.7. The quantitative estimate of drug-likeness (QED) is 0.923. The van der Waals surface area contributed by atoms with Gasteiger partial charge in [-0.05, 0) is 18.2 Å². The first kappa shape index (κ1) is 11.7. The minimum Gasteiger partial charge on any atom is -0.495 e. The zero-order valence-electron chi connectivity index (χ0n) is 9.55. The van der Waals surface area contributed by atoms with Crippen molar-refractivity contribution in [2.45, 2.75) is 6.92 Å². The lowest BCUT2D eigenvalue weighted by Gasteiger charge is -2.38. The SMILES string of the molecule is COc1ccc(Br)cc1NCC1(C)COC1. The van der Waals surface area contributed by atoms with Gasteiger partial charge in [-0.3, -0.25) is 0 Å². The molecule has 0 saturated carbocycles. The molecule has 0 bridgehead atoms. The van der Waals surface area contributed by atoms with Gasteiger partial charge in [0.2, 0.25) is 0 Å². The standard InChI is InChI=1S/C12H16BrNO2/c1-12(7-16-8-12)6-14-10-5-9(13)3-4-11(10)15-2/h3-5,14H,6-8H2,1-2H3. The first-order chi connectivity index (χ1) is 7.63. The van der Waals surface area contributed by atoms with Gasteiger partial charge in [-0.2, -0.15) is 0 Å². The smallest absolute Gasteiger partial charge is 0.142 e. The minimum absolute atomic E-state index is 0.257. The summed E-state index contributed by atoms with van der Waals surface area (Å²) in [6.45, 7) is 4.78. The molecule has 0 spiro atoms. The highest BCUT2D eigenvalue weighted by Gasteiger charge is 2.33. The molecule has 88 valence electrons. The number of nitrogens with one attached hydrogen (secondary N) is 1. The van der Waals surface area contributed by atoms with Crippen molar-refractivity contribution in [2.75, 3.05) is 32.2 Å². The van der Waals surface area contributed by atoms with Gasteiger partial charge in [0.05, 0.1) is 26.0 Å². The Labute approximate surface area is 104 Å². The van der Waals surface area contributed by atoms with E-state index in [2.05, 4.69) is 28.2 Å². The highest BCUT2D eigenvalue weighted by atomic mass is 79.9. The van der Waals surface area contributed by atoms with Crippen LogP contribution in [0.1, 0.15) is 6.92 Å². The van der Waals surface area contributed by atoms with Crippen molar-refractivity contribution in [3.05, 3.63) is 22.7 Å². The average molecular weight is 286 g/mol. The summed E-state index contributed by atoms with van der Waals surface area (Å²) in [5, 5.41) is 3.41. The molecule has 0 aliphatic carbocycles. The molecule has 1 aliphatic heterocycles. The summed E-state index contributed by atoms with van der Waals surface area (Å²) in [5.74, 6) is 0.868. The summed E-state index contributed by atoms with van der Waals surface area (Å²) in [5.41, 5.74) is 1.28. The van der Waals surface area contributed by atoms with E-state index < -0.39 is 0 Å². The fourth-order valence-electron chi connectivity index (χ4n) is 1.68. The number of hydrogen-bond acceptors (Lipinski definition) is 3. The maximum Gasteiger partial charge on any atom is 0.142 e. The first-order valence-electron chi connectivity index (χ1n) is 5.28. The number of hydrogen-bond donors (Lipinski definition) is 1. The van der Waals surface area contributed by atoms with Gasteiger partial charge in [-0.25, -0.2) is 0 Å². The maximum absolute atomic E-state index is 5.30. The van der Waals surface area contributed by atoms with Crippen LogP contribution in [-0.2, 0) is 4.74 Å². The van der Waals surface area contributed by atoms with Gasteiger partial charge < -0.3 is 14.8 Å². The maximum atomic E-state index is 5.30. The Hall–Kier alpha value is -0.740. The molecule has 0 amide bonds. The molecule has 0 atom stereocenters. The number of ether oxygens (including phenoxy) is 2. The molecule has 1 heterocycles. The Bertz CT molecular complexity index is 377. The highest BCUT2D eigenvalue weighted by molar-refractivity contribution is 9.10. The largest absolute Gasteiger partial charge is 0.495 e. The van der Waals surface area contributed by atoms with E-state index in [1.165, 1.54) is 0 Å². The molecule has 4 heteroatoms. The number of methoxy groups -OCH3 is 1. The number of rotatable bonds is 4. The van der Waals surface area contributed by atoms with E-state index in [0.717, 1.165) is 35.7 Å². The zero-order chi connectivity index (χ0) is 11.6. The Morgan fingerprint density at radius 3 is 2.81 bits per heavy atom. The summed E-state index contributed by atoms with van der Waals surface area (Å²) < 4.78 is 11.6. The van der Waals surface area contributed by atoms with Crippen molar-refractivity contribution in [3.8, 4) is 5.75 Å². The monoisotopic (exact) mass is 285 g/mol. The molecule has 16 heavy (non-hydrogen) atoms. The third kappa shape index (κ3) is 2.50. The second kappa shape index (κ2) is 4.63. The summed E-state index contributed by atoms with van der Waals surface area (Å²) in [6.07, 6.45) is 0. The summed E-state index contributed by atoms with van der Waals surface area (Å²) in [6, 6.07) is 5.95. The van der Waals surface area contributed by atoms with Crippen molar-refractivity contribution in [1.29, 1.82) is 0 Å². The second-order valence-corrected chi connectivity index (χ2v) is 5.42. The molecule has 2 rings (SSSR count). The van der Waals surface area contributed by atoms with Crippen LogP contribution in [0, 0.1) is 5.41 Å². The van der Waals surface area contributed by atoms with Crippen LogP contribution in [0.5, 0.6) is 5.75 Å². The fraction of sp³-hybridized carbons (Fsp3) is 0.500. The van der Waals surface area contributed by atoms with Gasteiger partial charge in [-0.15, -0.1) is 0 Å². The lowest BCUT2D eigenvalue weighted by Crippen LogP contribution is -2.45. The molecule has 0 radical (unpaired) electrons.